The van der Waals surface area contributed by atoms with Crippen molar-refractivity contribution in [3.8, 4) is 0 Å². The molecule has 3 heteroatoms. The van der Waals surface area contributed by atoms with Crippen molar-refractivity contribution in [2.45, 2.75) is 90.9 Å². The van der Waals surface area contributed by atoms with Crippen molar-refractivity contribution in [3.63, 3.8) is 0 Å². The molecule has 0 aliphatic rings. The van der Waals surface area contributed by atoms with Crippen LogP contribution in [-0.4, -0.2) is 12.5 Å². The van der Waals surface area contributed by atoms with Crippen LogP contribution in [0.5, 0.6) is 0 Å². The maximum atomic E-state index is 11.4. The van der Waals surface area contributed by atoms with Crippen molar-refractivity contribution in [3.05, 3.63) is 0 Å². The Morgan fingerprint density at radius 1 is 0.789 bits per heavy atom. The summed E-state index contributed by atoms with van der Waals surface area (Å²) in [6, 6.07) is 0. The van der Waals surface area contributed by atoms with Gasteiger partial charge in [-0.2, -0.15) is 5.48 Å². The molecule has 0 radical (unpaired) electrons. The van der Waals surface area contributed by atoms with Gasteiger partial charge < -0.3 is 4.84 Å². The Bertz CT molecular complexity index is 195. The Balaban J connectivity index is 3.12. The lowest BCUT2D eigenvalue weighted by Crippen LogP contribution is -2.20. The molecule has 0 aromatic carbocycles. The molecule has 0 saturated heterocycles. The van der Waals surface area contributed by atoms with Gasteiger partial charge in [0.2, 0.25) is 0 Å². The molecule has 114 valence electrons. The quantitative estimate of drug-likeness (QED) is 0.366. The third-order valence-corrected chi connectivity index (χ3v) is 3.30. The van der Waals surface area contributed by atoms with Crippen LogP contribution in [0.2, 0.25) is 0 Å². The number of rotatable bonds is 14. The van der Waals surface area contributed by atoms with Crippen LogP contribution in [0.1, 0.15) is 90.9 Å². The molecule has 0 atom stereocenters. The van der Waals surface area contributed by atoms with Gasteiger partial charge in [0.25, 0.3) is 0 Å². The van der Waals surface area contributed by atoms with Gasteiger partial charge in [-0.1, -0.05) is 71.6 Å². The summed E-state index contributed by atoms with van der Waals surface area (Å²) in [6.45, 7) is 5.17. The Labute approximate surface area is 119 Å². The highest BCUT2D eigenvalue weighted by Crippen LogP contribution is 2.09. The highest BCUT2D eigenvalue weighted by molar-refractivity contribution is 5.68. The number of hydrogen-bond donors (Lipinski definition) is 1. The molecule has 0 fully saturated rings. The molecule has 0 aromatic rings. The third kappa shape index (κ3) is 15.4. The third-order valence-electron chi connectivity index (χ3n) is 3.30. The summed E-state index contributed by atoms with van der Waals surface area (Å²) in [7, 11) is 0. The van der Waals surface area contributed by atoms with E-state index in [0.717, 1.165) is 25.8 Å². The van der Waals surface area contributed by atoms with E-state index in [0.29, 0.717) is 6.42 Å². The van der Waals surface area contributed by atoms with E-state index in [1.807, 2.05) is 0 Å². The minimum absolute atomic E-state index is 0.109. The van der Waals surface area contributed by atoms with Crippen molar-refractivity contribution in [2.24, 2.45) is 0 Å². The number of carbonyl (C=O) groups is 1. The van der Waals surface area contributed by atoms with Gasteiger partial charge in [-0.15, -0.1) is 0 Å². The lowest BCUT2D eigenvalue weighted by atomic mass is 10.1. The van der Waals surface area contributed by atoms with E-state index < -0.39 is 0 Å². The predicted molar refractivity (Wildman–Crippen MR) is 80.8 cm³/mol. The molecule has 0 aromatic heterocycles. The summed E-state index contributed by atoms with van der Waals surface area (Å²) >= 11 is 0. The van der Waals surface area contributed by atoms with Gasteiger partial charge in [-0.3, -0.25) is 4.79 Å². The zero-order valence-corrected chi connectivity index (χ0v) is 13.0. The van der Waals surface area contributed by atoms with Crippen LogP contribution in [-0.2, 0) is 9.63 Å². The Morgan fingerprint density at radius 3 is 1.95 bits per heavy atom. The van der Waals surface area contributed by atoms with Crippen LogP contribution in [0.15, 0.2) is 0 Å². The second-order valence-corrected chi connectivity index (χ2v) is 5.30. The monoisotopic (exact) mass is 271 g/mol. The van der Waals surface area contributed by atoms with Crippen LogP contribution < -0.4 is 5.48 Å². The minimum atomic E-state index is -0.109. The van der Waals surface area contributed by atoms with Crippen molar-refractivity contribution >= 4 is 5.97 Å². The van der Waals surface area contributed by atoms with Gasteiger partial charge in [0.15, 0.2) is 0 Å². The van der Waals surface area contributed by atoms with Gasteiger partial charge >= 0.3 is 5.97 Å². The smallest absolute Gasteiger partial charge is 0.324 e. The highest BCUT2D eigenvalue weighted by Gasteiger charge is 2.02. The van der Waals surface area contributed by atoms with Crippen LogP contribution in [0, 0.1) is 0 Å². The summed E-state index contributed by atoms with van der Waals surface area (Å²) in [6.07, 6.45) is 14.0. The molecule has 0 saturated carbocycles. The molecule has 19 heavy (non-hydrogen) atoms. The molecule has 0 heterocycles. The summed E-state index contributed by atoms with van der Waals surface area (Å²) in [5.41, 5.74) is 2.75. The first-order valence-electron chi connectivity index (χ1n) is 8.23. The first-order valence-corrected chi connectivity index (χ1v) is 8.23. The molecule has 0 aliphatic carbocycles. The Hall–Kier alpha value is -0.570. The topological polar surface area (TPSA) is 38.3 Å². The van der Waals surface area contributed by atoms with Crippen LogP contribution >= 0.6 is 0 Å². The zero-order chi connectivity index (χ0) is 14.2. The fraction of sp³-hybridized carbons (Fsp3) is 0.938. The average Bonchev–Trinajstić information content (AvgIpc) is 2.41. The number of nitrogens with one attached hydrogen (secondary N) is 1. The molecule has 0 unspecified atom stereocenters. The van der Waals surface area contributed by atoms with E-state index in [2.05, 4.69) is 19.3 Å². The van der Waals surface area contributed by atoms with E-state index in [1.54, 1.807) is 0 Å². The largest absolute Gasteiger partial charge is 0.371 e. The normalized spacial score (nSPS) is 10.6. The van der Waals surface area contributed by atoms with Gasteiger partial charge in [0, 0.05) is 13.0 Å². The average molecular weight is 271 g/mol. The van der Waals surface area contributed by atoms with Gasteiger partial charge in [0.05, 0.1) is 0 Å². The van der Waals surface area contributed by atoms with Crippen molar-refractivity contribution in [2.75, 3.05) is 6.54 Å². The first-order chi connectivity index (χ1) is 9.31. The maximum Gasteiger partial charge on any atom is 0.324 e. The summed E-state index contributed by atoms with van der Waals surface area (Å²) in [5, 5.41) is 0. The molecule has 3 nitrogen and oxygen atoms in total. The summed E-state index contributed by atoms with van der Waals surface area (Å²) in [4.78, 5) is 16.3. The molecule has 0 amide bonds. The van der Waals surface area contributed by atoms with Gasteiger partial charge in [-0.25, -0.2) is 0 Å². The maximum absolute atomic E-state index is 11.4. The SMILES string of the molecule is CCCCCCCCCCC(=O)ONCCCCC. The van der Waals surface area contributed by atoms with E-state index in [9.17, 15) is 4.79 Å². The molecular formula is C16H33NO2. The molecule has 0 rings (SSSR count). The van der Waals surface area contributed by atoms with Gasteiger partial charge in [0.1, 0.15) is 0 Å². The second-order valence-electron chi connectivity index (χ2n) is 5.30. The standard InChI is InChI=1S/C16H33NO2/c1-3-5-7-8-9-10-11-12-14-16(18)19-17-15-13-6-4-2/h17H,3-15H2,1-2H3. The van der Waals surface area contributed by atoms with E-state index in [1.165, 1.54) is 51.4 Å². The molecule has 1 N–H and O–H groups in total. The first kappa shape index (κ1) is 18.4. The van der Waals surface area contributed by atoms with Crippen LogP contribution in [0.3, 0.4) is 0 Å². The zero-order valence-electron chi connectivity index (χ0n) is 13.0. The van der Waals surface area contributed by atoms with E-state index >= 15 is 0 Å². The number of unbranched alkanes of at least 4 members (excludes halogenated alkanes) is 9. The number of carbonyl (C=O) groups excluding carboxylic acids is 1. The molecule has 0 aliphatic heterocycles. The number of hydrogen-bond acceptors (Lipinski definition) is 3. The van der Waals surface area contributed by atoms with Crippen LogP contribution in [0.4, 0.5) is 0 Å². The minimum Gasteiger partial charge on any atom is -0.371 e. The lowest BCUT2D eigenvalue weighted by molar-refractivity contribution is -0.151. The summed E-state index contributed by atoms with van der Waals surface area (Å²) in [5.74, 6) is -0.109. The van der Waals surface area contributed by atoms with Crippen molar-refractivity contribution < 1.29 is 9.63 Å². The van der Waals surface area contributed by atoms with E-state index in [-0.39, 0.29) is 5.97 Å². The second kappa shape index (κ2) is 15.5. The fourth-order valence-corrected chi connectivity index (χ4v) is 2.03. The van der Waals surface area contributed by atoms with Crippen molar-refractivity contribution in [1.82, 2.24) is 5.48 Å². The lowest BCUT2D eigenvalue weighted by Gasteiger charge is -2.05. The predicted octanol–water partition coefficient (Wildman–Crippen LogP) is 4.76. The van der Waals surface area contributed by atoms with Crippen LogP contribution in [0.25, 0.3) is 0 Å². The molecule has 0 bridgehead atoms. The van der Waals surface area contributed by atoms with Crippen molar-refractivity contribution in [1.29, 1.82) is 0 Å². The molecular weight excluding hydrogens is 238 g/mol. The summed E-state index contributed by atoms with van der Waals surface area (Å²) < 4.78 is 0. The van der Waals surface area contributed by atoms with Gasteiger partial charge in [-0.05, 0) is 12.8 Å². The Kier molecular flexibility index (Phi) is 15.0. The Morgan fingerprint density at radius 2 is 1.32 bits per heavy atom. The van der Waals surface area contributed by atoms with E-state index in [4.69, 9.17) is 4.84 Å². The molecule has 0 spiro atoms. The highest BCUT2D eigenvalue weighted by atomic mass is 16.7. The fourth-order valence-electron chi connectivity index (χ4n) is 2.03. The number of hydroxylamine groups is 1.